The Morgan fingerprint density at radius 1 is 1.28 bits per heavy atom. The lowest BCUT2D eigenvalue weighted by Gasteiger charge is -2.10. The van der Waals surface area contributed by atoms with Crippen LogP contribution in [-0.4, -0.2) is 25.2 Å². The van der Waals surface area contributed by atoms with Crippen LogP contribution in [0.15, 0.2) is 24.3 Å². The molecular formula is C13H17NO4. The number of rotatable bonds is 5. The molecule has 0 saturated heterocycles. The maximum absolute atomic E-state index is 11.5. The number of carbonyl (C=O) groups excluding carboxylic acids is 2. The van der Waals surface area contributed by atoms with E-state index < -0.39 is 18.0 Å². The molecule has 0 aliphatic heterocycles. The van der Waals surface area contributed by atoms with Crippen LogP contribution in [0.25, 0.3) is 0 Å². The van der Waals surface area contributed by atoms with Gasteiger partial charge in [0.25, 0.3) is 0 Å². The standard InChI is InChI=1S/C13H17NO4/c1-9(13(16)17-2)18-12(15)8-5-10-3-6-11(14)7-4-10/h3-4,6-7,9H,5,8,14H2,1-2H3. The molecule has 0 aromatic heterocycles. The summed E-state index contributed by atoms with van der Waals surface area (Å²) >= 11 is 0. The van der Waals surface area contributed by atoms with E-state index in [2.05, 4.69) is 4.74 Å². The van der Waals surface area contributed by atoms with E-state index in [1.54, 1.807) is 12.1 Å². The van der Waals surface area contributed by atoms with Gasteiger partial charge in [0.1, 0.15) is 0 Å². The molecule has 0 heterocycles. The molecule has 0 bridgehead atoms. The van der Waals surface area contributed by atoms with Crippen LogP contribution >= 0.6 is 0 Å². The maximum Gasteiger partial charge on any atom is 0.346 e. The van der Waals surface area contributed by atoms with Gasteiger partial charge in [0.2, 0.25) is 0 Å². The third-order valence-corrected chi connectivity index (χ3v) is 2.44. The average Bonchev–Trinajstić information content (AvgIpc) is 2.37. The van der Waals surface area contributed by atoms with Crippen molar-refractivity contribution in [3.63, 3.8) is 0 Å². The Morgan fingerprint density at radius 3 is 2.44 bits per heavy atom. The van der Waals surface area contributed by atoms with Gasteiger partial charge in [-0.1, -0.05) is 12.1 Å². The monoisotopic (exact) mass is 251 g/mol. The molecule has 1 aromatic rings. The van der Waals surface area contributed by atoms with E-state index in [1.807, 2.05) is 12.1 Å². The SMILES string of the molecule is COC(=O)C(C)OC(=O)CCc1ccc(N)cc1. The highest BCUT2D eigenvalue weighted by Crippen LogP contribution is 2.08. The normalized spacial score (nSPS) is 11.7. The molecule has 1 aromatic carbocycles. The van der Waals surface area contributed by atoms with Crippen LogP contribution in [0, 0.1) is 0 Å². The molecule has 0 fully saturated rings. The van der Waals surface area contributed by atoms with E-state index in [4.69, 9.17) is 10.5 Å². The molecular weight excluding hydrogens is 234 g/mol. The number of hydrogen-bond donors (Lipinski definition) is 1. The lowest BCUT2D eigenvalue weighted by atomic mass is 10.1. The summed E-state index contributed by atoms with van der Waals surface area (Å²) in [4.78, 5) is 22.5. The van der Waals surface area contributed by atoms with Crippen LogP contribution in [0.4, 0.5) is 5.69 Å². The van der Waals surface area contributed by atoms with Crippen molar-refractivity contribution in [2.75, 3.05) is 12.8 Å². The Bertz CT molecular complexity index is 414. The number of ether oxygens (including phenoxy) is 2. The van der Waals surface area contributed by atoms with E-state index in [-0.39, 0.29) is 6.42 Å². The number of carbonyl (C=O) groups is 2. The summed E-state index contributed by atoms with van der Waals surface area (Å²) in [5, 5.41) is 0. The molecule has 0 aliphatic rings. The average molecular weight is 251 g/mol. The Labute approximate surface area is 106 Å². The van der Waals surface area contributed by atoms with Gasteiger partial charge < -0.3 is 15.2 Å². The molecule has 18 heavy (non-hydrogen) atoms. The van der Waals surface area contributed by atoms with Gasteiger partial charge >= 0.3 is 11.9 Å². The summed E-state index contributed by atoms with van der Waals surface area (Å²) in [5.74, 6) is -0.986. The van der Waals surface area contributed by atoms with Gasteiger partial charge in [0, 0.05) is 12.1 Å². The van der Waals surface area contributed by atoms with Gasteiger partial charge in [-0.2, -0.15) is 0 Å². The number of nitrogen functional groups attached to an aromatic ring is 1. The minimum Gasteiger partial charge on any atom is -0.466 e. The van der Waals surface area contributed by atoms with E-state index in [9.17, 15) is 9.59 Å². The number of anilines is 1. The van der Waals surface area contributed by atoms with Gasteiger partial charge in [-0.25, -0.2) is 4.79 Å². The fraction of sp³-hybridized carbons (Fsp3) is 0.385. The number of esters is 2. The first-order valence-corrected chi connectivity index (χ1v) is 5.64. The van der Waals surface area contributed by atoms with Crippen molar-refractivity contribution < 1.29 is 19.1 Å². The molecule has 0 aliphatic carbocycles. The highest BCUT2D eigenvalue weighted by molar-refractivity contribution is 5.78. The highest BCUT2D eigenvalue weighted by atomic mass is 16.6. The highest BCUT2D eigenvalue weighted by Gasteiger charge is 2.17. The smallest absolute Gasteiger partial charge is 0.346 e. The van der Waals surface area contributed by atoms with Gasteiger partial charge in [-0.15, -0.1) is 0 Å². The molecule has 0 spiro atoms. The zero-order chi connectivity index (χ0) is 13.5. The van der Waals surface area contributed by atoms with Crippen LogP contribution in [-0.2, 0) is 25.5 Å². The predicted molar refractivity (Wildman–Crippen MR) is 66.7 cm³/mol. The van der Waals surface area contributed by atoms with E-state index in [0.717, 1.165) is 5.56 Å². The largest absolute Gasteiger partial charge is 0.466 e. The summed E-state index contributed by atoms with van der Waals surface area (Å²) in [7, 11) is 1.25. The molecule has 2 N–H and O–H groups in total. The van der Waals surface area contributed by atoms with Crippen LogP contribution < -0.4 is 5.73 Å². The summed E-state index contributed by atoms with van der Waals surface area (Å²) in [5.41, 5.74) is 7.23. The Morgan fingerprint density at radius 2 is 1.89 bits per heavy atom. The van der Waals surface area contributed by atoms with E-state index in [0.29, 0.717) is 12.1 Å². The predicted octanol–water partition coefficient (Wildman–Crippen LogP) is 1.31. The first-order chi connectivity index (χ1) is 8.52. The number of methoxy groups -OCH3 is 1. The second-order valence-electron chi connectivity index (χ2n) is 3.90. The Hall–Kier alpha value is -2.04. The Balaban J connectivity index is 2.37. The zero-order valence-electron chi connectivity index (χ0n) is 10.5. The minimum absolute atomic E-state index is 0.214. The molecule has 1 atom stereocenters. The van der Waals surface area contributed by atoms with Crippen LogP contribution in [0.1, 0.15) is 18.9 Å². The molecule has 98 valence electrons. The van der Waals surface area contributed by atoms with Crippen molar-refractivity contribution in [2.24, 2.45) is 0 Å². The molecule has 5 heteroatoms. The van der Waals surface area contributed by atoms with Gasteiger partial charge in [-0.05, 0) is 31.0 Å². The van der Waals surface area contributed by atoms with Crippen molar-refractivity contribution in [1.82, 2.24) is 0 Å². The molecule has 1 unspecified atom stereocenters. The number of aryl methyl sites for hydroxylation is 1. The number of nitrogens with two attached hydrogens (primary N) is 1. The topological polar surface area (TPSA) is 78.6 Å². The zero-order valence-corrected chi connectivity index (χ0v) is 10.5. The summed E-state index contributed by atoms with van der Waals surface area (Å²) in [6.07, 6.45) is -0.105. The van der Waals surface area contributed by atoms with E-state index in [1.165, 1.54) is 14.0 Å². The third kappa shape index (κ3) is 4.45. The van der Waals surface area contributed by atoms with Gasteiger partial charge in [0.05, 0.1) is 7.11 Å². The first-order valence-electron chi connectivity index (χ1n) is 5.64. The fourth-order valence-corrected chi connectivity index (χ4v) is 1.40. The van der Waals surface area contributed by atoms with Crippen molar-refractivity contribution in [1.29, 1.82) is 0 Å². The third-order valence-electron chi connectivity index (χ3n) is 2.44. The lowest BCUT2D eigenvalue weighted by molar-refractivity contribution is -0.164. The summed E-state index contributed by atoms with van der Waals surface area (Å²) < 4.78 is 9.37. The van der Waals surface area contributed by atoms with Crippen molar-refractivity contribution in [3.8, 4) is 0 Å². The summed E-state index contributed by atoms with van der Waals surface area (Å²) in [6, 6.07) is 7.26. The number of hydrogen-bond acceptors (Lipinski definition) is 5. The second kappa shape index (κ2) is 6.64. The Kier molecular flexibility index (Phi) is 5.17. The fourth-order valence-electron chi connectivity index (χ4n) is 1.40. The van der Waals surface area contributed by atoms with Crippen molar-refractivity contribution in [3.05, 3.63) is 29.8 Å². The molecule has 5 nitrogen and oxygen atoms in total. The first kappa shape index (κ1) is 14.0. The van der Waals surface area contributed by atoms with Crippen LogP contribution in [0.5, 0.6) is 0 Å². The molecule has 0 radical (unpaired) electrons. The van der Waals surface area contributed by atoms with Crippen molar-refractivity contribution in [2.45, 2.75) is 25.9 Å². The van der Waals surface area contributed by atoms with Gasteiger partial charge in [0.15, 0.2) is 6.10 Å². The van der Waals surface area contributed by atoms with Crippen LogP contribution in [0.2, 0.25) is 0 Å². The maximum atomic E-state index is 11.5. The van der Waals surface area contributed by atoms with E-state index >= 15 is 0 Å². The summed E-state index contributed by atoms with van der Waals surface area (Å²) in [6.45, 7) is 1.48. The molecule has 0 saturated carbocycles. The van der Waals surface area contributed by atoms with Crippen molar-refractivity contribution >= 4 is 17.6 Å². The quantitative estimate of drug-likeness (QED) is 0.630. The lowest BCUT2D eigenvalue weighted by Crippen LogP contribution is -2.25. The van der Waals surface area contributed by atoms with Gasteiger partial charge in [-0.3, -0.25) is 4.79 Å². The second-order valence-corrected chi connectivity index (χ2v) is 3.90. The molecule has 0 amide bonds. The molecule has 1 rings (SSSR count). The number of benzene rings is 1. The minimum atomic E-state index is -0.867. The van der Waals surface area contributed by atoms with Crippen LogP contribution in [0.3, 0.4) is 0 Å².